The number of nitrogens with zero attached hydrogens (tertiary/aromatic N) is 1. The van der Waals surface area contributed by atoms with Crippen molar-refractivity contribution in [1.29, 1.82) is 0 Å². The highest BCUT2D eigenvalue weighted by molar-refractivity contribution is 6.22. The molecule has 33 heavy (non-hydrogen) atoms. The van der Waals surface area contributed by atoms with Gasteiger partial charge in [-0.15, -0.1) is 0 Å². The van der Waals surface area contributed by atoms with Gasteiger partial charge in [-0.25, -0.2) is 4.79 Å². The monoisotopic (exact) mass is 447 g/mol. The maximum Gasteiger partial charge on any atom is 0.338 e. The molecule has 0 bridgehead atoms. The van der Waals surface area contributed by atoms with Gasteiger partial charge in [0, 0.05) is 12.1 Å². The first-order valence-electron chi connectivity index (χ1n) is 11.8. The summed E-state index contributed by atoms with van der Waals surface area (Å²) in [5.74, 6) is -1.15. The molecule has 1 heterocycles. The zero-order valence-corrected chi connectivity index (χ0v) is 19.0. The Hall–Kier alpha value is -3.28. The molecule has 1 aliphatic heterocycles. The predicted octanol–water partition coefficient (Wildman–Crippen LogP) is 5.17. The van der Waals surface area contributed by atoms with Gasteiger partial charge in [-0.3, -0.25) is 19.3 Å². The van der Waals surface area contributed by atoms with Gasteiger partial charge in [0.25, 0.3) is 11.8 Å². The molecule has 0 N–H and O–H groups in total. The normalized spacial score (nSPS) is 16.1. The number of carbonyl (C=O) groups excluding carboxylic acids is 4. The number of rotatable bonds is 8. The van der Waals surface area contributed by atoms with Crippen LogP contribution in [0.15, 0.2) is 42.5 Å². The lowest BCUT2D eigenvalue weighted by atomic mass is 9.84. The highest BCUT2D eigenvalue weighted by atomic mass is 16.5. The van der Waals surface area contributed by atoms with Gasteiger partial charge in [0.15, 0.2) is 12.4 Å². The summed E-state index contributed by atoms with van der Waals surface area (Å²) in [5.41, 5.74) is 2.40. The second-order valence-corrected chi connectivity index (χ2v) is 8.83. The van der Waals surface area contributed by atoms with Crippen molar-refractivity contribution in [3.63, 3.8) is 0 Å². The van der Waals surface area contributed by atoms with Gasteiger partial charge in [0.1, 0.15) is 0 Å². The number of imide groups is 1. The number of fused-ring (bicyclic) bond motifs is 1. The highest BCUT2D eigenvalue weighted by Gasteiger charge is 2.35. The molecule has 2 aromatic rings. The fraction of sp³-hybridized carbons (Fsp3) is 0.407. The van der Waals surface area contributed by atoms with Crippen molar-refractivity contribution < 1.29 is 23.9 Å². The molecule has 6 nitrogen and oxygen atoms in total. The van der Waals surface area contributed by atoms with Crippen molar-refractivity contribution in [3.05, 3.63) is 70.3 Å². The zero-order valence-electron chi connectivity index (χ0n) is 19.0. The van der Waals surface area contributed by atoms with Crippen molar-refractivity contribution in [2.24, 2.45) is 0 Å². The van der Waals surface area contributed by atoms with E-state index in [9.17, 15) is 19.2 Å². The van der Waals surface area contributed by atoms with Crippen LogP contribution in [-0.2, 0) is 4.74 Å². The van der Waals surface area contributed by atoms with E-state index < -0.39 is 11.9 Å². The molecule has 6 heteroatoms. The van der Waals surface area contributed by atoms with Crippen LogP contribution >= 0.6 is 0 Å². The van der Waals surface area contributed by atoms with Gasteiger partial charge in [0.05, 0.1) is 16.7 Å². The summed E-state index contributed by atoms with van der Waals surface area (Å²) >= 11 is 0. The van der Waals surface area contributed by atoms with Crippen LogP contribution in [0.25, 0.3) is 0 Å². The van der Waals surface area contributed by atoms with E-state index in [1.54, 1.807) is 12.1 Å². The topological polar surface area (TPSA) is 80.8 Å². The molecule has 2 aromatic carbocycles. The van der Waals surface area contributed by atoms with E-state index in [4.69, 9.17) is 4.74 Å². The van der Waals surface area contributed by atoms with Crippen LogP contribution in [0.4, 0.5) is 0 Å². The second-order valence-electron chi connectivity index (χ2n) is 8.83. The van der Waals surface area contributed by atoms with Crippen molar-refractivity contribution in [2.45, 2.75) is 57.8 Å². The molecule has 2 amide bonds. The Kier molecular flexibility index (Phi) is 7.02. The number of unbranched alkanes of at least 4 members (excludes halogenated alkanes) is 1. The molecule has 1 saturated carbocycles. The van der Waals surface area contributed by atoms with Crippen LogP contribution in [-0.4, -0.2) is 41.6 Å². The number of carbonyl (C=O) groups is 4. The first-order valence-corrected chi connectivity index (χ1v) is 11.8. The molecule has 0 aromatic heterocycles. The smallest absolute Gasteiger partial charge is 0.338 e. The SMILES string of the molecule is CCCCN1C(=O)c2ccc(C(=O)OCC(=O)c3ccc(C4CCCCC4)cc3)cc2C1=O. The van der Waals surface area contributed by atoms with E-state index in [1.165, 1.54) is 60.8 Å². The first kappa shape index (κ1) is 22.9. The summed E-state index contributed by atoms with van der Waals surface area (Å²) in [6.45, 7) is 1.96. The number of ketones is 1. The number of benzene rings is 2. The molecular formula is C27H29NO5. The van der Waals surface area contributed by atoms with E-state index in [-0.39, 0.29) is 29.4 Å². The van der Waals surface area contributed by atoms with Gasteiger partial charge in [-0.2, -0.15) is 0 Å². The lowest BCUT2D eigenvalue weighted by molar-refractivity contribution is 0.0474. The summed E-state index contributed by atoms with van der Waals surface area (Å²) in [7, 11) is 0. The molecule has 0 radical (unpaired) electrons. The average molecular weight is 448 g/mol. The number of Topliss-reactive ketones (excluding diaryl/α,β-unsaturated/α-hetero) is 1. The van der Waals surface area contributed by atoms with Crippen LogP contribution in [0, 0.1) is 0 Å². The molecule has 0 saturated heterocycles. The van der Waals surface area contributed by atoms with E-state index in [1.807, 2.05) is 19.1 Å². The summed E-state index contributed by atoms with van der Waals surface area (Å²) in [6.07, 6.45) is 7.77. The van der Waals surface area contributed by atoms with Gasteiger partial charge < -0.3 is 4.74 Å². The molecule has 1 aliphatic carbocycles. The maximum absolute atomic E-state index is 12.6. The largest absolute Gasteiger partial charge is 0.454 e. The van der Waals surface area contributed by atoms with Crippen molar-refractivity contribution in [2.75, 3.05) is 13.2 Å². The Morgan fingerprint density at radius 3 is 2.27 bits per heavy atom. The number of hydrogen-bond donors (Lipinski definition) is 0. The predicted molar refractivity (Wildman–Crippen MR) is 124 cm³/mol. The summed E-state index contributed by atoms with van der Waals surface area (Å²) in [6, 6.07) is 11.9. The minimum Gasteiger partial charge on any atom is -0.454 e. The number of esters is 1. The van der Waals surface area contributed by atoms with Crippen LogP contribution in [0.2, 0.25) is 0 Å². The highest BCUT2D eigenvalue weighted by Crippen LogP contribution is 2.32. The molecule has 172 valence electrons. The summed E-state index contributed by atoms with van der Waals surface area (Å²) < 4.78 is 5.21. The third-order valence-corrected chi connectivity index (χ3v) is 6.59. The molecule has 2 aliphatic rings. The number of ether oxygens (including phenoxy) is 1. The fourth-order valence-corrected chi connectivity index (χ4v) is 4.61. The van der Waals surface area contributed by atoms with Crippen molar-refractivity contribution >= 4 is 23.6 Å². The quantitative estimate of drug-likeness (QED) is 0.317. The minimum absolute atomic E-state index is 0.146. The molecule has 4 rings (SSSR count). The van der Waals surface area contributed by atoms with Crippen LogP contribution < -0.4 is 0 Å². The molecule has 1 fully saturated rings. The average Bonchev–Trinajstić information content (AvgIpc) is 3.10. The standard InChI is InChI=1S/C27H29NO5/c1-2-3-15-28-25(30)22-14-13-21(16-23(22)26(28)31)27(32)33-17-24(29)20-11-9-19(10-12-20)18-7-5-4-6-8-18/h9-14,16,18H,2-8,15,17H2,1H3. The number of amides is 2. The summed E-state index contributed by atoms with van der Waals surface area (Å²) in [4.78, 5) is 51.2. The molecule has 0 atom stereocenters. The van der Waals surface area contributed by atoms with Gasteiger partial charge in [-0.05, 0) is 48.9 Å². The number of hydrogen-bond acceptors (Lipinski definition) is 5. The van der Waals surface area contributed by atoms with E-state index in [2.05, 4.69) is 0 Å². The van der Waals surface area contributed by atoms with Crippen molar-refractivity contribution in [3.8, 4) is 0 Å². The van der Waals surface area contributed by atoms with Crippen LogP contribution in [0.3, 0.4) is 0 Å². The Balaban J connectivity index is 1.36. The Morgan fingerprint density at radius 1 is 0.909 bits per heavy atom. The third-order valence-electron chi connectivity index (χ3n) is 6.59. The van der Waals surface area contributed by atoms with Crippen molar-refractivity contribution in [1.82, 2.24) is 4.90 Å². The Bertz CT molecular complexity index is 1070. The molecular weight excluding hydrogens is 418 g/mol. The first-order chi connectivity index (χ1) is 16.0. The lowest BCUT2D eigenvalue weighted by Crippen LogP contribution is -2.30. The third kappa shape index (κ3) is 4.90. The van der Waals surface area contributed by atoms with E-state index in [0.717, 1.165) is 12.8 Å². The fourth-order valence-electron chi connectivity index (χ4n) is 4.61. The summed E-state index contributed by atoms with van der Waals surface area (Å²) in [5, 5.41) is 0. The zero-order chi connectivity index (χ0) is 23.4. The molecule has 0 unspecified atom stereocenters. The van der Waals surface area contributed by atoms with Gasteiger partial charge >= 0.3 is 5.97 Å². The minimum atomic E-state index is -0.697. The molecule has 0 spiro atoms. The van der Waals surface area contributed by atoms with E-state index >= 15 is 0 Å². The Labute approximate surface area is 193 Å². The van der Waals surface area contributed by atoms with Crippen LogP contribution in [0.1, 0.15) is 105 Å². The van der Waals surface area contributed by atoms with E-state index in [0.29, 0.717) is 23.6 Å². The van der Waals surface area contributed by atoms with Gasteiger partial charge in [0.2, 0.25) is 0 Å². The maximum atomic E-state index is 12.6. The Morgan fingerprint density at radius 2 is 1.58 bits per heavy atom. The second kappa shape index (κ2) is 10.1. The van der Waals surface area contributed by atoms with Gasteiger partial charge in [-0.1, -0.05) is 56.9 Å². The lowest BCUT2D eigenvalue weighted by Gasteiger charge is -2.22. The van der Waals surface area contributed by atoms with Crippen LogP contribution in [0.5, 0.6) is 0 Å².